The minimum Gasteiger partial charge on any atom is -0.451 e. The van der Waals surface area contributed by atoms with Gasteiger partial charge in [0.05, 0.1) is 6.61 Å². The van der Waals surface area contributed by atoms with Crippen molar-refractivity contribution in [2.45, 2.75) is 32.7 Å². The van der Waals surface area contributed by atoms with Gasteiger partial charge in [0.15, 0.2) is 12.3 Å². The summed E-state index contributed by atoms with van der Waals surface area (Å²) in [6.07, 6.45) is 0.930. The van der Waals surface area contributed by atoms with Gasteiger partial charge in [-0.3, -0.25) is 4.79 Å². The zero-order chi connectivity index (χ0) is 21.5. The molecule has 0 bridgehead atoms. The van der Waals surface area contributed by atoms with E-state index in [9.17, 15) is 14.4 Å². The smallest absolute Gasteiger partial charge is 0.409 e. The second-order valence-corrected chi connectivity index (χ2v) is 7.87. The van der Waals surface area contributed by atoms with Crippen molar-refractivity contribution < 1.29 is 23.9 Å². The second-order valence-electron chi connectivity index (χ2n) is 7.01. The molecule has 0 aliphatic carbocycles. The van der Waals surface area contributed by atoms with E-state index in [1.165, 1.54) is 11.3 Å². The number of aromatic nitrogens is 1. The van der Waals surface area contributed by atoms with Crippen LogP contribution in [-0.2, 0) is 14.3 Å². The Morgan fingerprint density at radius 2 is 1.87 bits per heavy atom. The number of nitrogens with one attached hydrogen (secondary N) is 1. The van der Waals surface area contributed by atoms with Crippen molar-refractivity contribution in [3.05, 3.63) is 40.9 Å². The van der Waals surface area contributed by atoms with Gasteiger partial charge >= 0.3 is 12.1 Å². The molecule has 0 spiro atoms. The molecule has 1 aromatic carbocycles. The van der Waals surface area contributed by atoms with E-state index in [2.05, 4.69) is 10.3 Å². The van der Waals surface area contributed by atoms with Gasteiger partial charge < -0.3 is 19.7 Å². The fourth-order valence-corrected chi connectivity index (χ4v) is 3.89. The summed E-state index contributed by atoms with van der Waals surface area (Å²) < 4.78 is 10.1. The maximum Gasteiger partial charge on any atom is 0.409 e. The fourth-order valence-electron chi connectivity index (χ4n) is 3.09. The molecule has 1 aliphatic heterocycles. The van der Waals surface area contributed by atoms with Crippen LogP contribution in [0.5, 0.6) is 0 Å². The number of nitrogens with zero attached hydrogens (tertiary/aromatic N) is 2. The highest BCUT2D eigenvalue weighted by Crippen LogP contribution is 2.24. The summed E-state index contributed by atoms with van der Waals surface area (Å²) in [5.41, 5.74) is 2.26. The number of hydrogen-bond donors (Lipinski definition) is 1. The lowest BCUT2D eigenvalue weighted by molar-refractivity contribution is -0.125. The standard InChI is InChI=1S/C21H25N3O5S/c1-3-28-21(27)24-10-8-16(9-11-24)22-18(25)12-29-20(26)17-13-30-19(23-17)15-6-4-14(2)5-7-15/h4-7,13,16H,3,8-12H2,1-2H3,(H,22,25). The summed E-state index contributed by atoms with van der Waals surface area (Å²) in [6, 6.07) is 7.80. The molecular weight excluding hydrogens is 406 g/mol. The maximum atomic E-state index is 12.2. The highest BCUT2D eigenvalue weighted by atomic mass is 32.1. The van der Waals surface area contributed by atoms with E-state index in [1.807, 2.05) is 31.2 Å². The minimum absolute atomic E-state index is 0.0608. The number of piperidine rings is 1. The molecule has 0 atom stereocenters. The van der Waals surface area contributed by atoms with Crippen LogP contribution < -0.4 is 5.32 Å². The molecule has 1 N–H and O–H groups in total. The first-order chi connectivity index (χ1) is 14.5. The average molecular weight is 432 g/mol. The lowest BCUT2D eigenvalue weighted by Gasteiger charge is -2.31. The summed E-state index contributed by atoms with van der Waals surface area (Å²) in [6.45, 7) is 4.78. The predicted molar refractivity (Wildman–Crippen MR) is 112 cm³/mol. The third kappa shape index (κ3) is 5.79. The van der Waals surface area contributed by atoms with Gasteiger partial charge in [-0.25, -0.2) is 14.6 Å². The van der Waals surface area contributed by atoms with Gasteiger partial charge in [0.25, 0.3) is 5.91 Å². The van der Waals surface area contributed by atoms with Gasteiger partial charge in [-0.1, -0.05) is 29.8 Å². The van der Waals surface area contributed by atoms with Crippen molar-refractivity contribution in [2.24, 2.45) is 0 Å². The molecule has 8 nitrogen and oxygen atoms in total. The Morgan fingerprint density at radius 3 is 2.53 bits per heavy atom. The Morgan fingerprint density at radius 1 is 1.17 bits per heavy atom. The molecule has 1 fully saturated rings. The first-order valence-electron chi connectivity index (χ1n) is 9.87. The van der Waals surface area contributed by atoms with Crippen molar-refractivity contribution in [1.82, 2.24) is 15.2 Å². The third-order valence-corrected chi connectivity index (χ3v) is 5.62. The number of benzene rings is 1. The highest BCUT2D eigenvalue weighted by molar-refractivity contribution is 7.13. The molecule has 1 saturated heterocycles. The molecule has 160 valence electrons. The molecule has 0 saturated carbocycles. The Kier molecular flexibility index (Phi) is 7.40. The van der Waals surface area contributed by atoms with Gasteiger partial charge in [0, 0.05) is 30.1 Å². The molecule has 3 rings (SSSR count). The summed E-state index contributed by atoms with van der Waals surface area (Å²) in [7, 11) is 0. The summed E-state index contributed by atoms with van der Waals surface area (Å²) in [4.78, 5) is 41.9. The van der Waals surface area contributed by atoms with Crippen LogP contribution >= 0.6 is 11.3 Å². The van der Waals surface area contributed by atoms with Gasteiger partial charge in [-0.2, -0.15) is 0 Å². The number of hydrogen-bond acceptors (Lipinski definition) is 7. The van der Waals surface area contributed by atoms with Crippen molar-refractivity contribution in [1.29, 1.82) is 0 Å². The number of aryl methyl sites for hydroxylation is 1. The second kappa shape index (κ2) is 10.2. The van der Waals surface area contributed by atoms with Crippen molar-refractivity contribution in [2.75, 3.05) is 26.3 Å². The topological polar surface area (TPSA) is 97.8 Å². The third-order valence-electron chi connectivity index (χ3n) is 4.73. The van der Waals surface area contributed by atoms with Crippen LogP contribution in [0.2, 0.25) is 0 Å². The Labute approximate surface area is 179 Å². The molecule has 0 unspecified atom stereocenters. The number of carbonyl (C=O) groups excluding carboxylic acids is 3. The van der Waals surface area contributed by atoms with E-state index in [1.54, 1.807) is 17.2 Å². The van der Waals surface area contributed by atoms with E-state index in [4.69, 9.17) is 9.47 Å². The predicted octanol–water partition coefficient (Wildman–Crippen LogP) is 3.01. The van der Waals surface area contributed by atoms with Crippen LogP contribution in [0.25, 0.3) is 10.6 Å². The van der Waals surface area contributed by atoms with Crippen LogP contribution in [0.3, 0.4) is 0 Å². The molecule has 2 amide bonds. The Hall–Kier alpha value is -2.94. The molecule has 0 radical (unpaired) electrons. The monoisotopic (exact) mass is 431 g/mol. The largest absolute Gasteiger partial charge is 0.451 e. The fraction of sp³-hybridized carbons (Fsp3) is 0.429. The number of ether oxygens (including phenoxy) is 2. The van der Waals surface area contributed by atoms with E-state index in [0.717, 1.165) is 16.1 Å². The Bertz CT molecular complexity index is 888. The van der Waals surface area contributed by atoms with Crippen LogP contribution in [0.15, 0.2) is 29.6 Å². The average Bonchev–Trinajstić information content (AvgIpc) is 3.23. The lowest BCUT2D eigenvalue weighted by atomic mass is 10.1. The van der Waals surface area contributed by atoms with Crippen LogP contribution in [0, 0.1) is 6.92 Å². The number of esters is 1. The molecule has 2 aromatic rings. The van der Waals surface area contributed by atoms with Gasteiger partial charge in [0.2, 0.25) is 0 Å². The summed E-state index contributed by atoms with van der Waals surface area (Å²) in [5, 5.41) is 5.19. The number of rotatable bonds is 6. The minimum atomic E-state index is -0.628. The zero-order valence-corrected chi connectivity index (χ0v) is 17.9. The number of likely N-dealkylation sites (tertiary alicyclic amines) is 1. The lowest BCUT2D eigenvalue weighted by Crippen LogP contribution is -2.47. The first kappa shape index (κ1) is 21.8. The van der Waals surface area contributed by atoms with Gasteiger partial charge in [-0.15, -0.1) is 11.3 Å². The normalized spacial score (nSPS) is 14.3. The Balaban J connectivity index is 1.42. The number of carbonyl (C=O) groups is 3. The van der Waals surface area contributed by atoms with Gasteiger partial charge in [-0.05, 0) is 26.7 Å². The summed E-state index contributed by atoms with van der Waals surface area (Å²) in [5.74, 6) is -0.996. The van der Waals surface area contributed by atoms with E-state index >= 15 is 0 Å². The van der Waals surface area contributed by atoms with Crippen LogP contribution in [-0.4, -0.2) is 60.2 Å². The van der Waals surface area contributed by atoms with Gasteiger partial charge in [0.1, 0.15) is 5.01 Å². The quantitative estimate of drug-likeness (QED) is 0.706. The van der Waals surface area contributed by atoms with E-state index in [-0.39, 0.29) is 30.3 Å². The van der Waals surface area contributed by atoms with E-state index < -0.39 is 5.97 Å². The zero-order valence-electron chi connectivity index (χ0n) is 17.1. The SMILES string of the molecule is CCOC(=O)N1CCC(NC(=O)COC(=O)c2csc(-c3ccc(C)cc3)n2)CC1. The maximum absolute atomic E-state index is 12.2. The van der Waals surface area contributed by atoms with Crippen LogP contribution in [0.4, 0.5) is 4.79 Å². The van der Waals surface area contributed by atoms with Crippen molar-refractivity contribution >= 4 is 29.3 Å². The highest BCUT2D eigenvalue weighted by Gasteiger charge is 2.25. The number of amides is 2. The van der Waals surface area contributed by atoms with E-state index in [0.29, 0.717) is 32.5 Å². The molecule has 9 heteroatoms. The molecule has 2 heterocycles. The van der Waals surface area contributed by atoms with Crippen molar-refractivity contribution in [3.8, 4) is 10.6 Å². The first-order valence-corrected chi connectivity index (χ1v) is 10.7. The van der Waals surface area contributed by atoms with Crippen molar-refractivity contribution in [3.63, 3.8) is 0 Å². The number of thiazole rings is 1. The molecule has 1 aromatic heterocycles. The molecule has 30 heavy (non-hydrogen) atoms. The molecule has 1 aliphatic rings. The van der Waals surface area contributed by atoms with Crippen LogP contribution in [0.1, 0.15) is 35.8 Å². The molecular formula is C21H25N3O5S. The summed E-state index contributed by atoms with van der Waals surface area (Å²) >= 11 is 1.35.